The second-order valence-corrected chi connectivity index (χ2v) is 3.40. The molecule has 2 N–H and O–H groups in total. The highest BCUT2D eigenvalue weighted by molar-refractivity contribution is 7.98. The van der Waals surface area contributed by atoms with E-state index in [1.807, 2.05) is 6.26 Å². The van der Waals surface area contributed by atoms with Crippen molar-refractivity contribution in [3.05, 3.63) is 17.8 Å². The van der Waals surface area contributed by atoms with Crippen LogP contribution in [0.4, 0.5) is 0 Å². The quantitative estimate of drug-likeness (QED) is 0.730. The number of pyridine rings is 1. The number of thioether (sulfide) groups is 1. The van der Waals surface area contributed by atoms with Crippen LogP contribution in [0.2, 0.25) is 0 Å². The molecule has 0 spiro atoms. The van der Waals surface area contributed by atoms with Gasteiger partial charge in [-0.1, -0.05) is 11.8 Å². The van der Waals surface area contributed by atoms with Crippen molar-refractivity contribution < 1.29 is 9.90 Å². The zero-order valence-electron chi connectivity index (χ0n) is 7.31. The number of hydrogen-bond donors (Lipinski definition) is 2. The number of aromatic carboxylic acids is 1. The summed E-state index contributed by atoms with van der Waals surface area (Å²) in [6.07, 6.45) is 3.30. The topological polar surface area (TPSA) is 78.9 Å². The molecule has 2 aromatic rings. The molecule has 0 aromatic carbocycles. The largest absolute Gasteiger partial charge is 0.478 e. The van der Waals surface area contributed by atoms with Crippen LogP contribution >= 0.6 is 11.8 Å². The molecule has 0 radical (unpaired) electrons. The van der Waals surface area contributed by atoms with Gasteiger partial charge in [0.15, 0.2) is 10.8 Å². The van der Waals surface area contributed by atoms with Gasteiger partial charge in [0.05, 0.1) is 5.56 Å². The Morgan fingerprint density at radius 1 is 1.64 bits per heavy atom. The molecule has 0 aliphatic rings. The number of aromatic nitrogens is 3. The Morgan fingerprint density at radius 3 is 3.07 bits per heavy atom. The molecule has 0 aliphatic heterocycles. The summed E-state index contributed by atoms with van der Waals surface area (Å²) in [5.41, 5.74) is 1.11. The van der Waals surface area contributed by atoms with E-state index >= 15 is 0 Å². The van der Waals surface area contributed by atoms with Crippen molar-refractivity contribution in [2.24, 2.45) is 0 Å². The smallest absolute Gasteiger partial charge is 0.338 e. The molecule has 0 saturated heterocycles. The van der Waals surface area contributed by atoms with E-state index in [2.05, 4.69) is 15.0 Å². The Kier molecular flexibility index (Phi) is 2.12. The van der Waals surface area contributed by atoms with Crippen molar-refractivity contribution in [3.8, 4) is 0 Å². The molecule has 2 aromatic heterocycles. The van der Waals surface area contributed by atoms with Gasteiger partial charge in [0, 0.05) is 6.20 Å². The fraction of sp³-hybridized carbons (Fsp3) is 0.125. The SMILES string of the molecule is CSc1nc2nccc(C(=O)O)c2[nH]1. The minimum absolute atomic E-state index is 0.197. The first-order chi connectivity index (χ1) is 6.72. The molecule has 0 amide bonds. The minimum atomic E-state index is -0.978. The van der Waals surface area contributed by atoms with E-state index in [-0.39, 0.29) is 5.56 Å². The van der Waals surface area contributed by atoms with E-state index < -0.39 is 5.97 Å². The predicted octanol–water partition coefficient (Wildman–Crippen LogP) is 1.38. The molecule has 0 unspecified atom stereocenters. The van der Waals surface area contributed by atoms with Crippen molar-refractivity contribution >= 4 is 28.9 Å². The maximum Gasteiger partial charge on any atom is 0.338 e. The highest BCUT2D eigenvalue weighted by Gasteiger charge is 2.12. The van der Waals surface area contributed by atoms with Crippen molar-refractivity contribution in [1.29, 1.82) is 0 Å². The number of rotatable bonds is 2. The first-order valence-electron chi connectivity index (χ1n) is 3.84. The lowest BCUT2D eigenvalue weighted by Gasteiger charge is -1.93. The first-order valence-corrected chi connectivity index (χ1v) is 5.07. The van der Waals surface area contributed by atoms with Crippen molar-refractivity contribution in [2.45, 2.75) is 5.16 Å². The lowest BCUT2D eigenvalue weighted by atomic mass is 10.2. The molecule has 0 aliphatic carbocycles. The summed E-state index contributed by atoms with van der Waals surface area (Å²) in [6, 6.07) is 1.45. The number of hydrogen-bond acceptors (Lipinski definition) is 4. The van der Waals surface area contributed by atoms with Gasteiger partial charge in [-0.25, -0.2) is 14.8 Å². The Morgan fingerprint density at radius 2 is 2.43 bits per heavy atom. The summed E-state index contributed by atoms with van der Waals surface area (Å²) in [6.45, 7) is 0. The number of carboxylic acids is 1. The molecule has 6 heteroatoms. The molecular weight excluding hydrogens is 202 g/mol. The van der Waals surface area contributed by atoms with Gasteiger partial charge in [0.25, 0.3) is 0 Å². The normalized spacial score (nSPS) is 10.6. The molecule has 0 saturated carbocycles. The molecule has 2 heterocycles. The van der Waals surface area contributed by atoms with Crippen molar-refractivity contribution in [3.63, 3.8) is 0 Å². The summed E-state index contributed by atoms with van der Waals surface area (Å²) < 4.78 is 0. The van der Waals surface area contributed by atoms with E-state index in [0.717, 1.165) is 0 Å². The van der Waals surface area contributed by atoms with Gasteiger partial charge < -0.3 is 10.1 Å². The summed E-state index contributed by atoms with van der Waals surface area (Å²) in [4.78, 5) is 21.8. The second kappa shape index (κ2) is 3.30. The lowest BCUT2D eigenvalue weighted by Crippen LogP contribution is -1.97. The van der Waals surface area contributed by atoms with Crippen LogP contribution < -0.4 is 0 Å². The molecule has 0 atom stereocenters. The second-order valence-electron chi connectivity index (χ2n) is 2.61. The van der Waals surface area contributed by atoms with E-state index in [1.54, 1.807) is 0 Å². The van der Waals surface area contributed by atoms with Gasteiger partial charge in [0.2, 0.25) is 0 Å². The van der Waals surface area contributed by atoms with Gasteiger partial charge >= 0.3 is 5.97 Å². The maximum atomic E-state index is 10.8. The first kappa shape index (κ1) is 9.01. The summed E-state index contributed by atoms with van der Waals surface area (Å²) >= 11 is 1.42. The number of imidazole rings is 1. The molecule has 14 heavy (non-hydrogen) atoms. The lowest BCUT2D eigenvalue weighted by molar-refractivity contribution is 0.0698. The molecular formula is C8H7N3O2S. The Bertz CT molecular complexity index is 494. The fourth-order valence-electron chi connectivity index (χ4n) is 1.16. The van der Waals surface area contributed by atoms with Crippen LogP contribution in [0.3, 0.4) is 0 Å². The molecule has 2 rings (SSSR count). The minimum Gasteiger partial charge on any atom is -0.478 e. The number of aromatic amines is 1. The van der Waals surface area contributed by atoms with E-state index in [4.69, 9.17) is 5.11 Å². The van der Waals surface area contributed by atoms with Gasteiger partial charge in [-0.15, -0.1) is 0 Å². The standard InChI is InChI=1S/C8H7N3O2S/c1-14-8-10-5-4(7(12)13)2-3-9-6(5)11-8/h2-3H,1H3,(H,12,13)(H,9,10,11). The third-order valence-corrected chi connectivity index (χ3v) is 2.37. The van der Waals surface area contributed by atoms with Crippen LogP contribution in [0, 0.1) is 0 Å². The maximum absolute atomic E-state index is 10.8. The number of nitrogens with one attached hydrogen (secondary N) is 1. The third-order valence-electron chi connectivity index (χ3n) is 1.79. The average Bonchev–Trinajstić information content (AvgIpc) is 2.59. The van der Waals surface area contributed by atoms with Crippen LogP contribution in [0.1, 0.15) is 10.4 Å². The van der Waals surface area contributed by atoms with E-state index in [9.17, 15) is 4.79 Å². The fourth-order valence-corrected chi connectivity index (χ4v) is 1.55. The van der Waals surface area contributed by atoms with Gasteiger partial charge in [-0.05, 0) is 12.3 Å². The van der Waals surface area contributed by atoms with Crippen LogP contribution in [-0.4, -0.2) is 32.3 Å². The molecule has 0 fully saturated rings. The Hall–Kier alpha value is -1.56. The Labute approximate surface area is 83.6 Å². The van der Waals surface area contributed by atoms with Gasteiger partial charge in [-0.3, -0.25) is 0 Å². The summed E-state index contributed by atoms with van der Waals surface area (Å²) in [5.74, 6) is -0.978. The number of nitrogens with zero attached hydrogens (tertiary/aromatic N) is 2. The van der Waals surface area contributed by atoms with Crippen LogP contribution in [-0.2, 0) is 0 Å². The monoisotopic (exact) mass is 209 g/mol. The highest BCUT2D eigenvalue weighted by atomic mass is 32.2. The summed E-state index contributed by atoms with van der Waals surface area (Å²) in [7, 11) is 0. The van der Waals surface area contributed by atoms with Crippen LogP contribution in [0.15, 0.2) is 17.4 Å². The van der Waals surface area contributed by atoms with Gasteiger partial charge in [0.1, 0.15) is 5.52 Å². The number of carbonyl (C=O) groups is 1. The Balaban J connectivity index is 2.73. The highest BCUT2D eigenvalue weighted by Crippen LogP contribution is 2.18. The number of H-pyrrole nitrogens is 1. The number of carboxylic acid groups (broad SMARTS) is 1. The van der Waals surface area contributed by atoms with Gasteiger partial charge in [-0.2, -0.15) is 0 Å². The summed E-state index contributed by atoms with van der Waals surface area (Å²) in [5, 5.41) is 9.55. The van der Waals surface area contributed by atoms with E-state index in [1.165, 1.54) is 24.0 Å². The van der Waals surface area contributed by atoms with Crippen LogP contribution in [0.5, 0.6) is 0 Å². The van der Waals surface area contributed by atoms with Crippen molar-refractivity contribution in [2.75, 3.05) is 6.26 Å². The predicted molar refractivity (Wildman–Crippen MR) is 52.6 cm³/mol. The third kappa shape index (κ3) is 1.33. The zero-order chi connectivity index (χ0) is 10.1. The molecule has 72 valence electrons. The molecule has 0 bridgehead atoms. The number of fused-ring (bicyclic) bond motifs is 1. The van der Waals surface area contributed by atoms with E-state index in [0.29, 0.717) is 16.3 Å². The molecule has 5 nitrogen and oxygen atoms in total. The zero-order valence-corrected chi connectivity index (χ0v) is 8.13. The van der Waals surface area contributed by atoms with Crippen molar-refractivity contribution in [1.82, 2.24) is 15.0 Å². The average molecular weight is 209 g/mol. The van der Waals surface area contributed by atoms with Crippen LogP contribution in [0.25, 0.3) is 11.2 Å².